The Labute approximate surface area is 154 Å². The fourth-order valence-electron chi connectivity index (χ4n) is 2.90. The van der Waals surface area contributed by atoms with Crippen molar-refractivity contribution in [1.29, 1.82) is 0 Å². The summed E-state index contributed by atoms with van der Waals surface area (Å²) >= 11 is 0. The van der Waals surface area contributed by atoms with Crippen LogP contribution in [0.3, 0.4) is 0 Å². The van der Waals surface area contributed by atoms with E-state index in [1.807, 2.05) is 6.92 Å². The van der Waals surface area contributed by atoms with Crippen LogP contribution in [0.2, 0.25) is 0 Å². The molecule has 1 fully saturated rings. The minimum Gasteiger partial charge on any atom is -0.465 e. The van der Waals surface area contributed by atoms with Crippen molar-refractivity contribution in [2.75, 3.05) is 31.3 Å². The van der Waals surface area contributed by atoms with Gasteiger partial charge in [-0.15, -0.1) is 0 Å². The summed E-state index contributed by atoms with van der Waals surface area (Å²) in [7, 11) is -1.90. The number of ether oxygens (including phenoxy) is 1. The van der Waals surface area contributed by atoms with Crippen LogP contribution in [0.1, 0.15) is 43.0 Å². The first-order valence-corrected chi connectivity index (χ1v) is 10.5. The van der Waals surface area contributed by atoms with Crippen molar-refractivity contribution < 1.29 is 22.7 Å². The molecular weight excluding hydrogens is 356 g/mol. The van der Waals surface area contributed by atoms with E-state index >= 15 is 0 Å². The second-order valence-corrected chi connectivity index (χ2v) is 8.49. The molecule has 26 heavy (non-hydrogen) atoms. The van der Waals surface area contributed by atoms with E-state index < -0.39 is 16.0 Å². The largest absolute Gasteiger partial charge is 0.465 e. The molecule has 0 unspecified atom stereocenters. The molecule has 1 aromatic carbocycles. The first kappa shape index (κ1) is 20.4. The van der Waals surface area contributed by atoms with E-state index in [1.54, 1.807) is 24.3 Å². The van der Waals surface area contributed by atoms with E-state index in [4.69, 9.17) is 0 Å². The summed E-state index contributed by atoms with van der Waals surface area (Å²) in [6.45, 7) is 2.72. The number of hydrogen-bond donors (Lipinski definition) is 1. The summed E-state index contributed by atoms with van der Waals surface area (Å²) in [6, 6.07) is 6.47. The standard InChI is InChI=1S/C18H26N2O5S/c1-3-4-13-26(23,24)20-11-9-14(10-12-20)17(21)19-16-7-5-15(6-8-16)18(22)25-2/h5-8,14H,3-4,9-13H2,1-2H3,(H,19,21). The number of carbonyl (C=O) groups is 2. The molecule has 2 rings (SSSR count). The molecule has 1 amide bonds. The van der Waals surface area contributed by atoms with E-state index in [1.165, 1.54) is 11.4 Å². The Kier molecular flexibility index (Phi) is 7.16. The highest BCUT2D eigenvalue weighted by Crippen LogP contribution is 2.22. The van der Waals surface area contributed by atoms with Crippen LogP contribution in [0.5, 0.6) is 0 Å². The molecule has 1 N–H and O–H groups in total. The molecule has 0 spiro atoms. The molecule has 0 aliphatic carbocycles. The zero-order valence-electron chi connectivity index (χ0n) is 15.2. The number of methoxy groups -OCH3 is 1. The minimum atomic E-state index is -3.21. The van der Waals surface area contributed by atoms with Gasteiger partial charge in [0.15, 0.2) is 0 Å². The Hall–Kier alpha value is -1.93. The van der Waals surface area contributed by atoms with Crippen LogP contribution < -0.4 is 5.32 Å². The third kappa shape index (κ3) is 5.28. The van der Waals surface area contributed by atoms with Gasteiger partial charge in [-0.05, 0) is 43.5 Å². The number of piperidine rings is 1. The quantitative estimate of drug-likeness (QED) is 0.730. The van der Waals surface area contributed by atoms with Gasteiger partial charge in [0.2, 0.25) is 15.9 Å². The Morgan fingerprint density at radius 2 is 1.81 bits per heavy atom. The van der Waals surface area contributed by atoms with E-state index in [0.29, 0.717) is 43.6 Å². The Bertz CT molecular complexity index is 722. The van der Waals surface area contributed by atoms with Crippen LogP contribution in [-0.4, -0.2) is 50.6 Å². The lowest BCUT2D eigenvalue weighted by Crippen LogP contribution is -2.42. The first-order chi connectivity index (χ1) is 12.4. The first-order valence-electron chi connectivity index (χ1n) is 8.84. The molecule has 7 nitrogen and oxygen atoms in total. The summed E-state index contributed by atoms with van der Waals surface area (Å²) < 4.78 is 30.6. The summed E-state index contributed by atoms with van der Waals surface area (Å²) in [5.74, 6) is -0.596. The second-order valence-electron chi connectivity index (χ2n) is 6.40. The van der Waals surface area contributed by atoms with Gasteiger partial charge in [-0.3, -0.25) is 4.79 Å². The van der Waals surface area contributed by atoms with Crippen molar-refractivity contribution >= 4 is 27.6 Å². The van der Waals surface area contributed by atoms with Crippen LogP contribution in [0.4, 0.5) is 5.69 Å². The maximum absolute atomic E-state index is 12.4. The van der Waals surface area contributed by atoms with Crippen molar-refractivity contribution in [3.8, 4) is 0 Å². The number of hydrogen-bond acceptors (Lipinski definition) is 5. The van der Waals surface area contributed by atoms with Crippen molar-refractivity contribution in [2.24, 2.45) is 5.92 Å². The highest BCUT2D eigenvalue weighted by Gasteiger charge is 2.30. The number of esters is 1. The van der Waals surface area contributed by atoms with Gasteiger partial charge < -0.3 is 10.1 Å². The van der Waals surface area contributed by atoms with E-state index in [0.717, 1.165) is 6.42 Å². The normalized spacial score (nSPS) is 16.2. The van der Waals surface area contributed by atoms with Gasteiger partial charge in [-0.25, -0.2) is 17.5 Å². The van der Waals surface area contributed by atoms with Gasteiger partial charge in [0.1, 0.15) is 0 Å². The number of rotatable bonds is 7. The Morgan fingerprint density at radius 1 is 1.19 bits per heavy atom. The van der Waals surface area contributed by atoms with Crippen molar-refractivity contribution in [2.45, 2.75) is 32.6 Å². The molecule has 1 aliphatic rings. The summed E-state index contributed by atoms with van der Waals surface area (Å²) in [4.78, 5) is 23.8. The highest BCUT2D eigenvalue weighted by atomic mass is 32.2. The number of benzene rings is 1. The van der Waals surface area contributed by atoms with Crippen LogP contribution in [0, 0.1) is 5.92 Å². The molecule has 1 saturated heterocycles. The smallest absolute Gasteiger partial charge is 0.337 e. The van der Waals surface area contributed by atoms with Crippen LogP contribution >= 0.6 is 0 Å². The van der Waals surface area contributed by atoms with Crippen molar-refractivity contribution in [3.05, 3.63) is 29.8 Å². The lowest BCUT2D eigenvalue weighted by molar-refractivity contribution is -0.120. The molecule has 1 aliphatic heterocycles. The molecule has 0 aromatic heterocycles. The number of unbranched alkanes of at least 4 members (excludes halogenated alkanes) is 1. The van der Waals surface area contributed by atoms with Gasteiger partial charge in [0, 0.05) is 24.7 Å². The maximum Gasteiger partial charge on any atom is 0.337 e. The van der Waals surface area contributed by atoms with Crippen LogP contribution in [0.25, 0.3) is 0 Å². The average molecular weight is 382 g/mol. The van der Waals surface area contributed by atoms with Crippen LogP contribution in [-0.2, 0) is 19.6 Å². The van der Waals surface area contributed by atoms with Gasteiger partial charge >= 0.3 is 5.97 Å². The van der Waals surface area contributed by atoms with Gasteiger partial charge in [0.25, 0.3) is 0 Å². The van der Waals surface area contributed by atoms with Gasteiger partial charge in [-0.1, -0.05) is 13.3 Å². The topological polar surface area (TPSA) is 92.8 Å². The fraction of sp³-hybridized carbons (Fsp3) is 0.556. The number of nitrogens with zero attached hydrogens (tertiary/aromatic N) is 1. The Balaban J connectivity index is 1.87. The number of carbonyl (C=O) groups excluding carboxylic acids is 2. The zero-order chi connectivity index (χ0) is 19.2. The second kappa shape index (κ2) is 9.14. The summed E-state index contributed by atoms with van der Waals surface area (Å²) in [5, 5.41) is 2.82. The molecule has 1 heterocycles. The third-order valence-corrected chi connectivity index (χ3v) is 6.50. The monoisotopic (exact) mass is 382 g/mol. The van der Waals surface area contributed by atoms with E-state index in [2.05, 4.69) is 10.1 Å². The van der Waals surface area contributed by atoms with E-state index in [9.17, 15) is 18.0 Å². The summed E-state index contributed by atoms with van der Waals surface area (Å²) in [5.41, 5.74) is 1.01. The number of sulfonamides is 1. The molecule has 0 saturated carbocycles. The highest BCUT2D eigenvalue weighted by molar-refractivity contribution is 7.89. The zero-order valence-corrected chi connectivity index (χ0v) is 16.0. The molecule has 0 radical (unpaired) electrons. The van der Waals surface area contributed by atoms with Gasteiger partial charge in [0.05, 0.1) is 18.4 Å². The lowest BCUT2D eigenvalue weighted by atomic mass is 9.97. The molecule has 1 aromatic rings. The SMILES string of the molecule is CCCCS(=O)(=O)N1CCC(C(=O)Nc2ccc(C(=O)OC)cc2)CC1. The fourth-order valence-corrected chi connectivity index (χ4v) is 4.58. The number of anilines is 1. The van der Waals surface area contributed by atoms with Gasteiger partial charge in [-0.2, -0.15) is 0 Å². The molecule has 0 bridgehead atoms. The third-order valence-electron chi connectivity index (χ3n) is 4.55. The molecular formula is C18H26N2O5S. The number of nitrogens with one attached hydrogen (secondary N) is 1. The van der Waals surface area contributed by atoms with E-state index in [-0.39, 0.29) is 17.6 Å². The average Bonchev–Trinajstić information content (AvgIpc) is 2.66. The predicted molar refractivity (Wildman–Crippen MR) is 99.4 cm³/mol. The minimum absolute atomic E-state index is 0.124. The van der Waals surface area contributed by atoms with Crippen molar-refractivity contribution in [3.63, 3.8) is 0 Å². The Morgan fingerprint density at radius 3 is 2.35 bits per heavy atom. The molecule has 8 heteroatoms. The lowest BCUT2D eigenvalue weighted by Gasteiger charge is -2.30. The molecule has 0 atom stereocenters. The van der Waals surface area contributed by atoms with Crippen LogP contribution in [0.15, 0.2) is 24.3 Å². The molecule has 144 valence electrons. The maximum atomic E-state index is 12.4. The van der Waals surface area contributed by atoms with Crippen molar-refractivity contribution in [1.82, 2.24) is 4.31 Å². The predicted octanol–water partition coefficient (Wildman–Crippen LogP) is 2.25. The number of amides is 1. The summed E-state index contributed by atoms with van der Waals surface area (Å²) in [6.07, 6.45) is 2.52.